The standard InChI is InChI=1S/C7H9F9OSi/c8-4(9,2-1-3-18-17)5(10,11)6(12,13)7(14,15)16/h17H,1-3,18H2. The zero-order valence-electron chi connectivity index (χ0n) is 8.68. The molecule has 0 bridgehead atoms. The number of rotatable bonds is 6. The molecule has 0 aliphatic carbocycles. The third kappa shape index (κ3) is 3.11. The van der Waals surface area contributed by atoms with Crippen molar-refractivity contribution in [2.45, 2.75) is 42.8 Å². The van der Waals surface area contributed by atoms with Crippen LogP contribution in [0.4, 0.5) is 39.5 Å². The molecule has 0 aromatic rings. The molecule has 0 saturated heterocycles. The van der Waals surface area contributed by atoms with Crippen LogP contribution >= 0.6 is 0 Å². The summed E-state index contributed by atoms with van der Waals surface area (Å²) >= 11 is 0. The maximum atomic E-state index is 12.8. The first-order valence-electron chi connectivity index (χ1n) is 4.62. The minimum Gasteiger partial charge on any atom is -0.438 e. The number of hydrogen-bond acceptors (Lipinski definition) is 1. The lowest BCUT2D eigenvalue weighted by Crippen LogP contribution is -2.60. The first-order chi connectivity index (χ1) is 7.81. The van der Waals surface area contributed by atoms with Gasteiger partial charge in [-0.1, -0.05) is 0 Å². The molecular formula is C7H9F9OSi. The van der Waals surface area contributed by atoms with Crippen LogP contribution in [0.2, 0.25) is 6.04 Å². The normalized spacial score (nSPS) is 15.7. The van der Waals surface area contributed by atoms with Crippen LogP contribution < -0.4 is 0 Å². The lowest BCUT2D eigenvalue weighted by atomic mass is 10.00. The molecule has 0 aliphatic rings. The van der Waals surface area contributed by atoms with E-state index in [1.807, 2.05) is 0 Å². The Morgan fingerprint density at radius 3 is 1.56 bits per heavy atom. The number of halogens is 9. The maximum Gasteiger partial charge on any atom is 0.460 e. The van der Waals surface area contributed by atoms with Crippen molar-refractivity contribution in [2.75, 3.05) is 0 Å². The van der Waals surface area contributed by atoms with Gasteiger partial charge in [0.1, 0.15) is 0 Å². The second-order valence-electron chi connectivity index (χ2n) is 3.53. The van der Waals surface area contributed by atoms with E-state index in [1.54, 1.807) is 0 Å². The van der Waals surface area contributed by atoms with E-state index in [9.17, 15) is 39.5 Å². The summed E-state index contributed by atoms with van der Waals surface area (Å²) in [6, 6.07) is -0.275. The van der Waals surface area contributed by atoms with Crippen molar-refractivity contribution in [2.24, 2.45) is 0 Å². The second-order valence-corrected chi connectivity index (χ2v) is 4.69. The van der Waals surface area contributed by atoms with Gasteiger partial charge in [0.05, 0.1) is 0 Å². The van der Waals surface area contributed by atoms with Crippen molar-refractivity contribution in [1.29, 1.82) is 0 Å². The van der Waals surface area contributed by atoms with E-state index < -0.39 is 46.5 Å². The minimum absolute atomic E-state index is 0.275. The van der Waals surface area contributed by atoms with Crippen molar-refractivity contribution < 1.29 is 44.3 Å². The largest absolute Gasteiger partial charge is 0.460 e. The van der Waals surface area contributed by atoms with Gasteiger partial charge in [-0.25, -0.2) is 0 Å². The average molecular weight is 308 g/mol. The van der Waals surface area contributed by atoms with E-state index in [1.165, 1.54) is 0 Å². The molecule has 0 amide bonds. The topological polar surface area (TPSA) is 20.2 Å². The predicted molar refractivity (Wildman–Crippen MR) is 45.7 cm³/mol. The van der Waals surface area contributed by atoms with Crippen LogP contribution in [0.15, 0.2) is 0 Å². The number of hydrogen-bond donors (Lipinski definition) is 1. The average Bonchev–Trinajstić information content (AvgIpc) is 2.15. The molecule has 0 atom stereocenters. The molecule has 0 spiro atoms. The third-order valence-electron chi connectivity index (χ3n) is 2.11. The van der Waals surface area contributed by atoms with Gasteiger partial charge in [0.15, 0.2) is 9.76 Å². The van der Waals surface area contributed by atoms with E-state index in [2.05, 4.69) is 0 Å². The highest BCUT2D eigenvalue weighted by atomic mass is 28.2. The zero-order valence-corrected chi connectivity index (χ0v) is 10.1. The Kier molecular flexibility index (Phi) is 5.14. The Bertz CT molecular complexity index is 275. The minimum atomic E-state index is -6.82. The summed E-state index contributed by atoms with van der Waals surface area (Å²) in [4.78, 5) is 8.33. The fourth-order valence-electron chi connectivity index (χ4n) is 1.02. The monoisotopic (exact) mass is 308 g/mol. The zero-order chi connectivity index (χ0) is 14.8. The Morgan fingerprint density at radius 1 is 0.778 bits per heavy atom. The van der Waals surface area contributed by atoms with E-state index >= 15 is 0 Å². The van der Waals surface area contributed by atoms with Crippen molar-refractivity contribution in [3.8, 4) is 0 Å². The van der Waals surface area contributed by atoms with Gasteiger partial charge in [-0.2, -0.15) is 39.5 Å². The van der Waals surface area contributed by atoms with Crippen LogP contribution in [0, 0.1) is 0 Å². The van der Waals surface area contributed by atoms with Crippen LogP contribution in [-0.2, 0) is 0 Å². The van der Waals surface area contributed by atoms with Crippen LogP contribution in [-0.4, -0.2) is 38.5 Å². The smallest absolute Gasteiger partial charge is 0.438 e. The SMILES string of the molecule is O[SiH2]CCCC(F)(F)C(F)(F)C(F)(F)C(F)(F)F. The van der Waals surface area contributed by atoms with E-state index in [0.717, 1.165) is 0 Å². The van der Waals surface area contributed by atoms with Gasteiger partial charge >= 0.3 is 23.9 Å². The van der Waals surface area contributed by atoms with Crippen LogP contribution in [0.25, 0.3) is 0 Å². The highest BCUT2D eigenvalue weighted by Gasteiger charge is 2.81. The fraction of sp³-hybridized carbons (Fsp3) is 1.00. The van der Waals surface area contributed by atoms with Crippen LogP contribution in [0.1, 0.15) is 12.8 Å². The molecule has 0 aliphatic heterocycles. The van der Waals surface area contributed by atoms with Crippen LogP contribution in [0.5, 0.6) is 0 Å². The molecule has 1 nitrogen and oxygen atoms in total. The van der Waals surface area contributed by atoms with E-state index in [0.29, 0.717) is 0 Å². The van der Waals surface area contributed by atoms with Gasteiger partial charge in [0.25, 0.3) is 0 Å². The van der Waals surface area contributed by atoms with Gasteiger partial charge in [-0.05, 0) is 12.5 Å². The lowest BCUT2D eigenvalue weighted by molar-refractivity contribution is -0.396. The van der Waals surface area contributed by atoms with Crippen molar-refractivity contribution in [3.63, 3.8) is 0 Å². The van der Waals surface area contributed by atoms with Gasteiger partial charge in [0.2, 0.25) is 0 Å². The Balaban J connectivity index is 5.11. The van der Waals surface area contributed by atoms with Gasteiger partial charge in [-0.15, -0.1) is 0 Å². The van der Waals surface area contributed by atoms with Gasteiger partial charge in [0, 0.05) is 6.42 Å². The molecule has 0 heterocycles. The molecule has 0 aromatic heterocycles. The molecule has 18 heavy (non-hydrogen) atoms. The molecule has 0 saturated carbocycles. The second kappa shape index (κ2) is 5.27. The van der Waals surface area contributed by atoms with Gasteiger partial charge < -0.3 is 4.80 Å². The molecule has 1 N–H and O–H groups in total. The molecule has 0 aromatic carbocycles. The summed E-state index contributed by atoms with van der Waals surface area (Å²) in [6.45, 7) is 0. The van der Waals surface area contributed by atoms with Gasteiger partial charge in [-0.3, -0.25) is 0 Å². The summed E-state index contributed by atoms with van der Waals surface area (Å²) in [5.74, 6) is -18.9. The fourth-order valence-corrected chi connectivity index (χ4v) is 1.50. The summed E-state index contributed by atoms with van der Waals surface area (Å²) in [6.07, 6.45) is -9.37. The first-order valence-corrected chi connectivity index (χ1v) is 6.25. The summed E-state index contributed by atoms with van der Waals surface area (Å²) in [5.41, 5.74) is 0. The first kappa shape index (κ1) is 17.5. The van der Waals surface area contributed by atoms with E-state index in [4.69, 9.17) is 4.80 Å². The Morgan fingerprint density at radius 2 is 1.22 bits per heavy atom. The molecule has 11 heteroatoms. The van der Waals surface area contributed by atoms with Crippen molar-refractivity contribution >= 4 is 9.76 Å². The number of alkyl halides is 9. The Hall–Kier alpha value is -0.453. The van der Waals surface area contributed by atoms with Crippen molar-refractivity contribution in [3.05, 3.63) is 0 Å². The molecular weight excluding hydrogens is 299 g/mol. The molecule has 0 radical (unpaired) electrons. The molecule has 0 unspecified atom stereocenters. The molecule has 0 fully saturated rings. The summed E-state index contributed by atoms with van der Waals surface area (Å²) in [7, 11) is -1.75. The maximum absolute atomic E-state index is 12.8. The highest BCUT2D eigenvalue weighted by Crippen LogP contribution is 2.54. The quantitative estimate of drug-likeness (QED) is 0.454. The Labute approximate surface area is 97.9 Å². The third-order valence-corrected chi connectivity index (χ3v) is 2.92. The summed E-state index contributed by atoms with van der Waals surface area (Å²) in [5, 5.41) is 0. The van der Waals surface area contributed by atoms with Crippen LogP contribution in [0.3, 0.4) is 0 Å². The molecule has 110 valence electrons. The lowest BCUT2D eigenvalue weighted by Gasteiger charge is -2.33. The highest BCUT2D eigenvalue weighted by molar-refractivity contribution is 6.25. The van der Waals surface area contributed by atoms with Crippen molar-refractivity contribution in [1.82, 2.24) is 0 Å². The van der Waals surface area contributed by atoms with E-state index in [-0.39, 0.29) is 6.04 Å². The summed E-state index contributed by atoms with van der Waals surface area (Å²) < 4.78 is 110. The molecule has 0 rings (SSSR count). The predicted octanol–water partition coefficient (Wildman–Crippen LogP) is 2.73.